The number of aryl methyl sites for hydroxylation is 1. The molecule has 0 aliphatic carbocycles. The Morgan fingerprint density at radius 3 is 2.77 bits per heavy atom. The first-order chi connectivity index (χ1) is 12.7. The lowest BCUT2D eigenvalue weighted by atomic mass is 10.1. The molecule has 0 bridgehead atoms. The average Bonchev–Trinajstić information content (AvgIpc) is 3.11. The molecule has 1 amide bonds. The Labute approximate surface area is 157 Å². The van der Waals surface area contributed by atoms with E-state index in [0.29, 0.717) is 17.4 Å². The molecular formula is C20H21N3O2S. The van der Waals surface area contributed by atoms with Gasteiger partial charge in [0.15, 0.2) is 5.13 Å². The van der Waals surface area contributed by atoms with Crippen molar-refractivity contribution < 1.29 is 9.53 Å². The largest absolute Gasteiger partial charge is 0.495 e. The summed E-state index contributed by atoms with van der Waals surface area (Å²) < 4.78 is 5.36. The fourth-order valence-electron chi connectivity index (χ4n) is 2.53. The topological polar surface area (TPSA) is 63.2 Å². The maximum atomic E-state index is 12.3. The summed E-state index contributed by atoms with van der Waals surface area (Å²) in [5, 5.41) is 8.54. The number of rotatable bonds is 7. The summed E-state index contributed by atoms with van der Waals surface area (Å²) in [7, 11) is 1.63. The third-order valence-corrected chi connectivity index (χ3v) is 4.63. The third kappa shape index (κ3) is 4.61. The van der Waals surface area contributed by atoms with Gasteiger partial charge in [-0.15, -0.1) is 11.3 Å². The molecule has 1 aromatic heterocycles. The zero-order valence-electron chi connectivity index (χ0n) is 14.8. The van der Waals surface area contributed by atoms with Crippen LogP contribution in [0, 0.1) is 6.92 Å². The van der Waals surface area contributed by atoms with E-state index >= 15 is 0 Å². The van der Waals surface area contributed by atoms with Gasteiger partial charge >= 0.3 is 0 Å². The number of carbonyl (C=O) groups excluding carboxylic acids is 1. The Morgan fingerprint density at radius 1 is 1.19 bits per heavy atom. The van der Waals surface area contributed by atoms with E-state index in [4.69, 9.17) is 4.74 Å². The van der Waals surface area contributed by atoms with E-state index in [2.05, 4.69) is 15.6 Å². The Morgan fingerprint density at radius 2 is 2.00 bits per heavy atom. The summed E-state index contributed by atoms with van der Waals surface area (Å²) in [5.41, 5.74) is 3.55. The molecule has 1 heterocycles. The summed E-state index contributed by atoms with van der Waals surface area (Å²) in [5.74, 6) is 0.570. The molecule has 134 valence electrons. The van der Waals surface area contributed by atoms with Crippen LogP contribution in [0.1, 0.15) is 21.6 Å². The minimum Gasteiger partial charge on any atom is -0.495 e. The van der Waals surface area contributed by atoms with E-state index < -0.39 is 0 Å². The maximum absolute atomic E-state index is 12.3. The van der Waals surface area contributed by atoms with Crippen molar-refractivity contribution in [2.45, 2.75) is 13.3 Å². The van der Waals surface area contributed by atoms with Crippen molar-refractivity contribution in [3.05, 3.63) is 70.7 Å². The number of carbonyl (C=O) groups is 1. The normalized spacial score (nSPS) is 10.4. The lowest BCUT2D eigenvalue weighted by Crippen LogP contribution is -2.25. The van der Waals surface area contributed by atoms with Gasteiger partial charge in [-0.2, -0.15) is 0 Å². The quantitative estimate of drug-likeness (QED) is 0.658. The summed E-state index contributed by atoms with van der Waals surface area (Å²) in [6.45, 7) is 2.59. The van der Waals surface area contributed by atoms with Gasteiger partial charge < -0.3 is 15.4 Å². The number of anilines is 2. The number of hydrogen-bond acceptors (Lipinski definition) is 5. The third-order valence-electron chi connectivity index (χ3n) is 3.88. The van der Waals surface area contributed by atoms with Crippen molar-refractivity contribution in [2.24, 2.45) is 0 Å². The van der Waals surface area contributed by atoms with Crippen LogP contribution in [-0.4, -0.2) is 24.5 Å². The molecule has 2 N–H and O–H groups in total. The van der Waals surface area contributed by atoms with Crippen molar-refractivity contribution in [3.63, 3.8) is 0 Å². The van der Waals surface area contributed by atoms with Gasteiger partial charge in [0.1, 0.15) is 11.4 Å². The maximum Gasteiger partial charge on any atom is 0.270 e. The Balaban J connectivity index is 1.59. The van der Waals surface area contributed by atoms with Crippen LogP contribution in [-0.2, 0) is 6.42 Å². The molecule has 2 aromatic carbocycles. The SMILES string of the molecule is COc1ccc(C)cc1Nc1nc(C(=O)NCCc2ccccc2)cs1. The molecule has 0 radical (unpaired) electrons. The zero-order valence-corrected chi connectivity index (χ0v) is 15.6. The Kier molecular flexibility index (Phi) is 5.86. The highest BCUT2D eigenvalue weighted by molar-refractivity contribution is 7.14. The van der Waals surface area contributed by atoms with Crippen molar-refractivity contribution >= 4 is 28.1 Å². The van der Waals surface area contributed by atoms with Crippen molar-refractivity contribution in [2.75, 3.05) is 19.0 Å². The van der Waals surface area contributed by atoms with Crippen LogP contribution in [0.15, 0.2) is 53.9 Å². The summed E-state index contributed by atoms with van der Waals surface area (Å²) in [4.78, 5) is 16.6. The number of thiazole rings is 1. The average molecular weight is 367 g/mol. The van der Waals surface area contributed by atoms with Gasteiger partial charge in [0.25, 0.3) is 5.91 Å². The highest BCUT2D eigenvalue weighted by atomic mass is 32.1. The van der Waals surface area contributed by atoms with E-state index in [0.717, 1.165) is 23.4 Å². The van der Waals surface area contributed by atoms with Gasteiger partial charge in [-0.05, 0) is 36.6 Å². The van der Waals surface area contributed by atoms with Gasteiger partial charge in [-0.1, -0.05) is 36.4 Å². The van der Waals surface area contributed by atoms with Crippen molar-refractivity contribution in [3.8, 4) is 5.75 Å². The molecular weight excluding hydrogens is 346 g/mol. The van der Waals surface area contributed by atoms with E-state index in [1.807, 2.05) is 55.5 Å². The molecule has 5 nitrogen and oxygen atoms in total. The fraction of sp³-hybridized carbons (Fsp3) is 0.200. The van der Waals surface area contributed by atoms with Gasteiger partial charge in [0.05, 0.1) is 12.8 Å². The highest BCUT2D eigenvalue weighted by Gasteiger charge is 2.12. The van der Waals surface area contributed by atoms with Crippen LogP contribution >= 0.6 is 11.3 Å². The lowest BCUT2D eigenvalue weighted by Gasteiger charge is -2.09. The predicted molar refractivity (Wildman–Crippen MR) is 106 cm³/mol. The monoisotopic (exact) mass is 367 g/mol. The van der Waals surface area contributed by atoms with Crippen molar-refractivity contribution in [1.82, 2.24) is 10.3 Å². The van der Waals surface area contributed by atoms with Gasteiger partial charge in [0, 0.05) is 11.9 Å². The zero-order chi connectivity index (χ0) is 18.4. The molecule has 0 unspecified atom stereocenters. The second-order valence-corrected chi connectivity index (χ2v) is 6.72. The minimum atomic E-state index is -0.165. The molecule has 3 aromatic rings. The van der Waals surface area contributed by atoms with E-state index in [1.165, 1.54) is 16.9 Å². The van der Waals surface area contributed by atoms with Crippen LogP contribution < -0.4 is 15.4 Å². The van der Waals surface area contributed by atoms with Crippen LogP contribution in [0.2, 0.25) is 0 Å². The molecule has 0 spiro atoms. The second kappa shape index (κ2) is 8.49. The number of benzene rings is 2. The summed E-state index contributed by atoms with van der Waals surface area (Å²) >= 11 is 1.39. The number of nitrogens with one attached hydrogen (secondary N) is 2. The summed E-state index contributed by atoms with van der Waals surface area (Å²) in [6, 6.07) is 15.9. The van der Waals surface area contributed by atoms with Gasteiger partial charge in [0.2, 0.25) is 0 Å². The van der Waals surface area contributed by atoms with Crippen LogP contribution in [0.25, 0.3) is 0 Å². The Hall–Kier alpha value is -2.86. The standard InChI is InChI=1S/C20H21N3O2S/c1-14-8-9-18(25-2)16(12-14)22-20-23-17(13-26-20)19(24)21-11-10-15-6-4-3-5-7-15/h3-9,12-13H,10-11H2,1-2H3,(H,21,24)(H,22,23). The highest BCUT2D eigenvalue weighted by Crippen LogP contribution is 2.29. The molecule has 6 heteroatoms. The number of methoxy groups -OCH3 is 1. The Bertz CT molecular complexity index is 878. The predicted octanol–water partition coefficient (Wildman–Crippen LogP) is 4.18. The molecule has 0 atom stereocenters. The second-order valence-electron chi connectivity index (χ2n) is 5.86. The molecule has 0 saturated carbocycles. The molecule has 26 heavy (non-hydrogen) atoms. The minimum absolute atomic E-state index is 0.165. The summed E-state index contributed by atoms with van der Waals surface area (Å²) in [6.07, 6.45) is 0.794. The van der Waals surface area contributed by atoms with E-state index in [1.54, 1.807) is 12.5 Å². The van der Waals surface area contributed by atoms with Crippen LogP contribution in [0.3, 0.4) is 0 Å². The molecule has 0 aliphatic heterocycles. The molecule has 0 aliphatic rings. The molecule has 0 fully saturated rings. The van der Waals surface area contributed by atoms with E-state index in [-0.39, 0.29) is 5.91 Å². The molecule has 3 rings (SSSR count). The first-order valence-electron chi connectivity index (χ1n) is 8.35. The number of ether oxygens (including phenoxy) is 1. The molecule has 0 saturated heterocycles. The first-order valence-corrected chi connectivity index (χ1v) is 9.23. The first kappa shape index (κ1) is 17.9. The van der Waals surface area contributed by atoms with E-state index in [9.17, 15) is 4.79 Å². The van der Waals surface area contributed by atoms with Gasteiger partial charge in [-0.3, -0.25) is 4.79 Å². The number of nitrogens with zero attached hydrogens (tertiary/aromatic N) is 1. The van der Waals surface area contributed by atoms with Crippen LogP contribution in [0.5, 0.6) is 5.75 Å². The number of hydrogen-bond donors (Lipinski definition) is 2. The fourth-order valence-corrected chi connectivity index (χ4v) is 3.23. The smallest absolute Gasteiger partial charge is 0.270 e. The number of aromatic nitrogens is 1. The van der Waals surface area contributed by atoms with Crippen molar-refractivity contribution in [1.29, 1.82) is 0 Å². The van der Waals surface area contributed by atoms with Crippen LogP contribution in [0.4, 0.5) is 10.8 Å². The number of amides is 1. The lowest BCUT2D eigenvalue weighted by molar-refractivity contribution is 0.0950. The van der Waals surface area contributed by atoms with Gasteiger partial charge in [-0.25, -0.2) is 4.98 Å².